The third kappa shape index (κ3) is 2.18. The Morgan fingerprint density at radius 2 is 2.25 bits per heavy atom. The molecule has 0 spiro atoms. The van der Waals surface area contributed by atoms with Crippen molar-refractivity contribution in [1.82, 2.24) is 14.8 Å². The zero-order valence-corrected chi connectivity index (χ0v) is 9.14. The second kappa shape index (κ2) is 4.30. The highest BCUT2D eigenvalue weighted by molar-refractivity contribution is 5.28. The Hall–Kier alpha value is -1.91. The minimum absolute atomic E-state index is 0.231. The van der Waals surface area contributed by atoms with Crippen LogP contribution in [0.3, 0.4) is 0 Å². The van der Waals surface area contributed by atoms with Gasteiger partial charge in [-0.1, -0.05) is 0 Å². The number of nitrogens with zero attached hydrogens (tertiary/aromatic N) is 3. The van der Waals surface area contributed by atoms with Gasteiger partial charge in [0.05, 0.1) is 0 Å². The number of ether oxygens (including phenoxy) is 1. The molecule has 0 bridgehead atoms. The van der Waals surface area contributed by atoms with Crippen LogP contribution < -0.4 is 4.74 Å². The monoisotopic (exact) mass is 221 g/mol. The van der Waals surface area contributed by atoms with E-state index in [9.17, 15) is 4.39 Å². The first-order chi connectivity index (χ1) is 7.66. The van der Waals surface area contributed by atoms with Gasteiger partial charge in [-0.3, -0.25) is 4.68 Å². The maximum Gasteiger partial charge on any atom is 0.164 e. The van der Waals surface area contributed by atoms with Crippen molar-refractivity contribution in [3.05, 3.63) is 41.7 Å². The molecule has 5 heteroatoms. The van der Waals surface area contributed by atoms with Crippen LogP contribution in [0, 0.1) is 12.7 Å². The summed E-state index contributed by atoms with van der Waals surface area (Å²) in [5.41, 5.74) is 0.565. The van der Waals surface area contributed by atoms with E-state index >= 15 is 0 Å². The lowest BCUT2D eigenvalue weighted by Crippen LogP contribution is -2.04. The number of aryl methyl sites for hydroxylation is 2. The number of benzene rings is 1. The van der Waals surface area contributed by atoms with Gasteiger partial charge >= 0.3 is 0 Å². The van der Waals surface area contributed by atoms with E-state index < -0.39 is 0 Å². The zero-order valence-electron chi connectivity index (χ0n) is 9.14. The molecule has 0 aliphatic rings. The fourth-order valence-corrected chi connectivity index (χ4v) is 1.31. The fourth-order valence-electron chi connectivity index (χ4n) is 1.31. The number of rotatable bonds is 3. The van der Waals surface area contributed by atoms with Crippen LogP contribution in [0.25, 0.3) is 0 Å². The van der Waals surface area contributed by atoms with Gasteiger partial charge in [0.25, 0.3) is 0 Å². The van der Waals surface area contributed by atoms with Crippen molar-refractivity contribution in [2.45, 2.75) is 13.5 Å². The molecule has 0 radical (unpaired) electrons. The molecule has 0 aliphatic carbocycles. The van der Waals surface area contributed by atoms with Gasteiger partial charge in [0.1, 0.15) is 24.5 Å². The van der Waals surface area contributed by atoms with Crippen molar-refractivity contribution in [3.63, 3.8) is 0 Å². The van der Waals surface area contributed by atoms with E-state index in [-0.39, 0.29) is 5.82 Å². The average molecular weight is 221 g/mol. The van der Waals surface area contributed by atoms with Crippen molar-refractivity contribution in [1.29, 1.82) is 0 Å². The van der Waals surface area contributed by atoms with Gasteiger partial charge in [-0.15, -0.1) is 0 Å². The second-order valence-electron chi connectivity index (χ2n) is 3.50. The Morgan fingerprint density at radius 1 is 1.44 bits per heavy atom. The van der Waals surface area contributed by atoms with Crippen LogP contribution in [0.4, 0.5) is 4.39 Å². The first-order valence-corrected chi connectivity index (χ1v) is 4.88. The number of halogens is 1. The predicted octanol–water partition coefficient (Wildman–Crippen LogP) is 1.84. The Morgan fingerprint density at radius 3 is 2.88 bits per heavy atom. The molecule has 4 nitrogen and oxygen atoms in total. The van der Waals surface area contributed by atoms with E-state index in [1.54, 1.807) is 30.8 Å². The minimum atomic E-state index is -0.231. The van der Waals surface area contributed by atoms with Crippen LogP contribution in [-0.4, -0.2) is 14.8 Å². The van der Waals surface area contributed by atoms with Crippen LogP contribution in [0.15, 0.2) is 24.5 Å². The lowest BCUT2D eigenvalue weighted by molar-refractivity contribution is 0.289. The van der Waals surface area contributed by atoms with Crippen molar-refractivity contribution >= 4 is 0 Å². The van der Waals surface area contributed by atoms with Crippen LogP contribution in [-0.2, 0) is 13.7 Å². The molecule has 16 heavy (non-hydrogen) atoms. The summed E-state index contributed by atoms with van der Waals surface area (Å²) in [6.45, 7) is 2.02. The van der Waals surface area contributed by atoms with Gasteiger partial charge in [-0.05, 0) is 30.7 Å². The van der Waals surface area contributed by atoms with Gasteiger partial charge in [0.15, 0.2) is 5.82 Å². The Balaban J connectivity index is 2.05. The highest BCUT2D eigenvalue weighted by atomic mass is 19.1. The normalized spacial score (nSPS) is 10.4. The zero-order chi connectivity index (χ0) is 11.5. The molecule has 2 rings (SSSR count). The Bertz CT molecular complexity index is 496. The molecule has 0 N–H and O–H groups in total. The lowest BCUT2D eigenvalue weighted by atomic mass is 10.2. The van der Waals surface area contributed by atoms with Gasteiger partial charge in [-0.2, -0.15) is 5.10 Å². The van der Waals surface area contributed by atoms with Crippen molar-refractivity contribution in [2.75, 3.05) is 0 Å². The molecule has 0 atom stereocenters. The summed E-state index contributed by atoms with van der Waals surface area (Å²) in [7, 11) is 1.79. The first kappa shape index (κ1) is 10.6. The average Bonchev–Trinajstić information content (AvgIpc) is 2.66. The van der Waals surface area contributed by atoms with Gasteiger partial charge in [-0.25, -0.2) is 9.37 Å². The maximum atomic E-state index is 13.0. The van der Waals surface area contributed by atoms with E-state index in [0.717, 1.165) is 5.82 Å². The van der Waals surface area contributed by atoms with Gasteiger partial charge < -0.3 is 4.74 Å². The SMILES string of the molecule is Cc1cc(OCc2ncnn2C)ccc1F. The largest absolute Gasteiger partial charge is 0.486 e. The molecule has 0 unspecified atom stereocenters. The van der Waals surface area contributed by atoms with Gasteiger partial charge in [0.2, 0.25) is 0 Å². The van der Waals surface area contributed by atoms with Crippen molar-refractivity contribution in [3.8, 4) is 5.75 Å². The van der Waals surface area contributed by atoms with Crippen LogP contribution in [0.1, 0.15) is 11.4 Å². The van der Waals surface area contributed by atoms with E-state index in [1.807, 2.05) is 0 Å². The standard InChI is InChI=1S/C11H12FN3O/c1-8-5-9(3-4-10(8)12)16-6-11-13-7-14-15(11)2/h3-5,7H,6H2,1-2H3. The third-order valence-electron chi connectivity index (χ3n) is 2.30. The lowest BCUT2D eigenvalue weighted by Gasteiger charge is -2.06. The molecule has 1 aromatic carbocycles. The summed E-state index contributed by atoms with van der Waals surface area (Å²) in [5, 5.41) is 3.93. The van der Waals surface area contributed by atoms with Crippen LogP contribution in [0.5, 0.6) is 5.75 Å². The predicted molar refractivity (Wildman–Crippen MR) is 56.5 cm³/mol. The molecule has 0 fully saturated rings. The Kier molecular flexibility index (Phi) is 2.85. The molecule has 0 saturated heterocycles. The molecule has 2 aromatic rings. The third-order valence-corrected chi connectivity index (χ3v) is 2.30. The highest BCUT2D eigenvalue weighted by Gasteiger charge is 2.03. The van der Waals surface area contributed by atoms with Crippen molar-refractivity contribution in [2.24, 2.45) is 7.05 Å². The van der Waals surface area contributed by atoms with Gasteiger partial charge in [0, 0.05) is 7.05 Å². The quantitative estimate of drug-likeness (QED) is 0.794. The van der Waals surface area contributed by atoms with Crippen LogP contribution >= 0.6 is 0 Å². The summed E-state index contributed by atoms with van der Waals surface area (Å²) in [6.07, 6.45) is 1.47. The topological polar surface area (TPSA) is 39.9 Å². The minimum Gasteiger partial charge on any atom is -0.486 e. The molecule has 0 amide bonds. The highest BCUT2D eigenvalue weighted by Crippen LogP contribution is 2.16. The van der Waals surface area contributed by atoms with Crippen molar-refractivity contribution < 1.29 is 9.13 Å². The fraction of sp³-hybridized carbons (Fsp3) is 0.273. The molecule has 1 heterocycles. The van der Waals surface area contributed by atoms with Crippen LogP contribution in [0.2, 0.25) is 0 Å². The molecule has 0 saturated carbocycles. The smallest absolute Gasteiger partial charge is 0.164 e. The number of aromatic nitrogens is 3. The molecular weight excluding hydrogens is 209 g/mol. The summed E-state index contributed by atoms with van der Waals surface area (Å²) in [6, 6.07) is 4.64. The summed E-state index contributed by atoms with van der Waals surface area (Å²) in [4.78, 5) is 4.02. The number of hydrogen-bond acceptors (Lipinski definition) is 3. The summed E-state index contributed by atoms with van der Waals surface area (Å²) in [5.74, 6) is 1.12. The maximum absolute atomic E-state index is 13.0. The summed E-state index contributed by atoms with van der Waals surface area (Å²) >= 11 is 0. The molecule has 84 valence electrons. The second-order valence-corrected chi connectivity index (χ2v) is 3.50. The molecule has 0 aliphatic heterocycles. The first-order valence-electron chi connectivity index (χ1n) is 4.88. The van der Waals surface area contributed by atoms with E-state index in [4.69, 9.17) is 4.74 Å². The summed E-state index contributed by atoms with van der Waals surface area (Å²) < 4.78 is 20.1. The van der Waals surface area contributed by atoms with E-state index in [0.29, 0.717) is 17.9 Å². The van der Waals surface area contributed by atoms with E-state index in [2.05, 4.69) is 10.1 Å². The molecular formula is C11H12FN3O. The number of hydrogen-bond donors (Lipinski definition) is 0. The Labute approximate surface area is 92.7 Å². The van der Waals surface area contributed by atoms with E-state index in [1.165, 1.54) is 12.4 Å². The molecule has 1 aromatic heterocycles.